The summed E-state index contributed by atoms with van der Waals surface area (Å²) in [6.07, 6.45) is -8.69. The molecule has 0 atom stereocenters. The Morgan fingerprint density at radius 1 is 1.37 bits per heavy atom. The average Bonchev–Trinajstić information content (AvgIpc) is 2.24. The van der Waals surface area contributed by atoms with Crippen LogP contribution in [0.25, 0.3) is 0 Å². The summed E-state index contributed by atoms with van der Waals surface area (Å²) in [5.74, 6) is 0. The van der Waals surface area contributed by atoms with Crippen LogP contribution < -0.4 is 5.73 Å². The van der Waals surface area contributed by atoms with Crippen LogP contribution >= 0.6 is 10.7 Å². The van der Waals surface area contributed by atoms with E-state index in [1.807, 2.05) is 0 Å². The summed E-state index contributed by atoms with van der Waals surface area (Å²) < 4.78 is 85.2. The van der Waals surface area contributed by atoms with E-state index in [0.717, 1.165) is 0 Å². The number of pyridine rings is 1. The fourth-order valence-corrected chi connectivity index (χ4v) is 2.06. The molecule has 0 bridgehead atoms. The third kappa shape index (κ3) is 3.51. The van der Waals surface area contributed by atoms with Gasteiger partial charge in [0.05, 0.1) is 16.8 Å². The van der Waals surface area contributed by atoms with Gasteiger partial charge in [0.2, 0.25) is 0 Å². The van der Waals surface area contributed by atoms with Crippen molar-refractivity contribution in [1.29, 1.82) is 0 Å². The van der Waals surface area contributed by atoms with E-state index < -0.39 is 50.0 Å². The molecule has 0 radical (unpaired) electrons. The highest BCUT2D eigenvalue weighted by Gasteiger charge is 2.39. The summed E-state index contributed by atoms with van der Waals surface area (Å²) >= 11 is 0. The van der Waals surface area contributed by atoms with E-state index in [-0.39, 0.29) is 6.07 Å². The second kappa shape index (κ2) is 5.17. The largest absolute Gasteiger partial charge is 0.417 e. The van der Waals surface area contributed by atoms with Crippen LogP contribution in [0.1, 0.15) is 23.2 Å². The Labute approximate surface area is 108 Å². The van der Waals surface area contributed by atoms with Crippen molar-refractivity contribution in [3.63, 3.8) is 0 Å². The first-order valence-corrected chi connectivity index (χ1v) is 6.83. The van der Waals surface area contributed by atoms with Crippen molar-refractivity contribution >= 4 is 19.7 Å². The first kappa shape index (κ1) is 16.1. The standard InChI is InChI=1S/C8H6ClF5N2O2S/c9-19(17,18)5-1-3(8(12,13)14)6(7(10)11)4(2-15)16-5/h1,7H,2,15H2. The number of hydrogen-bond acceptors (Lipinski definition) is 4. The van der Waals surface area contributed by atoms with Crippen LogP contribution in [-0.4, -0.2) is 13.4 Å². The van der Waals surface area contributed by atoms with Gasteiger partial charge in [0, 0.05) is 17.2 Å². The van der Waals surface area contributed by atoms with Crippen LogP contribution in [0.3, 0.4) is 0 Å². The number of aromatic nitrogens is 1. The number of nitrogens with zero attached hydrogens (tertiary/aromatic N) is 1. The van der Waals surface area contributed by atoms with Gasteiger partial charge in [-0.2, -0.15) is 13.2 Å². The van der Waals surface area contributed by atoms with Gasteiger partial charge in [-0.15, -0.1) is 0 Å². The first-order chi connectivity index (χ1) is 8.48. The molecule has 0 amide bonds. The Hall–Kier alpha value is -1.00. The molecule has 0 aliphatic carbocycles. The van der Waals surface area contributed by atoms with Gasteiger partial charge in [-0.1, -0.05) is 0 Å². The van der Waals surface area contributed by atoms with Crippen LogP contribution in [0.5, 0.6) is 0 Å². The second-order valence-corrected chi connectivity index (χ2v) is 5.82. The van der Waals surface area contributed by atoms with Crippen molar-refractivity contribution in [1.82, 2.24) is 4.98 Å². The topological polar surface area (TPSA) is 73.0 Å². The Kier molecular flexibility index (Phi) is 4.37. The molecule has 1 rings (SSSR count). The summed E-state index contributed by atoms with van der Waals surface area (Å²) in [5.41, 5.74) is 0.873. The molecule has 0 unspecified atom stereocenters. The summed E-state index contributed by atoms with van der Waals surface area (Å²) in [4.78, 5) is 3.13. The summed E-state index contributed by atoms with van der Waals surface area (Å²) in [6, 6.07) is -0.0387. The molecule has 1 heterocycles. The van der Waals surface area contributed by atoms with Crippen LogP contribution in [0, 0.1) is 0 Å². The molecule has 0 saturated heterocycles. The van der Waals surface area contributed by atoms with Crippen LogP contribution in [0.15, 0.2) is 11.1 Å². The lowest BCUT2D eigenvalue weighted by Crippen LogP contribution is -2.17. The van der Waals surface area contributed by atoms with E-state index in [1.165, 1.54) is 0 Å². The van der Waals surface area contributed by atoms with Crippen molar-refractivity contribution < 1.29 is 30.4 Å². The summed E-state index contributed by atoms with van der Waals surface area (Å²) in [6.45, 7) is -0.789. The lowest BCUT2D eigenvalue weighted by Gasteiger charge is -2.16. The molecule has 1 aromatic rings. The Balaban J connectivity index is 3.75. The lowest BCUT2D eigenvalue weighted by atomic mass is 10.1. The Morgan fingerprint density at radius 3 is 2.21 bits per heavy atom. The maximum atomic E-state index is 12.7. The van der Waals surface area contributed by atoms with Crippen LogP contribution in [-0.2, 0) is 21.8 Å². The zero-order valence-corrected chi connectivity index (χ0v) is 10.5. The van der Waals surface area contributed by atoms with Gasteiger partial charge < -0.3 is 5.73 Å². The van der Waals surface area contributed by atoms with Gasteiger partial charge in [0.25, 0.3) is 15.5 Å². The molecule has 108 valence electrons. The fourth-order valence-electron chi connectivity index (χ4n) is 1.34. The van der Waals surface area contributed by atoms with E-state index in [4.69, 9.17) is 16.4 Å². The lowest BCUT2D eigenvalue weighted by molar-refractivity contribution is -0.139. The molecule has 19 heavy (non-hydrogen) atoms. The Bertz CT molecular complexity index is 588. The SMILES string of the molecule is NCc1nc(S(=O)(=O)Cl)cc(C(F)(F)F)c1C(F)F. The number of halogens is 6. The molecule has 0 aromatic carbocycles. The summed E-state index contributed by atoms with van der Waals surface area (Å²) in [7, 11) is 0.256. The van der Waals surface area contributed by atoms with E-state index in [1.54, 1.807) is 0 Å². The highest BCUT2D eigenvalue weighted by molar-refractivity contribution is 8.13. The van der Waals surface area contributed by atoms with Gasteiger partial charge in [-0.3, -0.25) is 0 Å². The minimum Gasteiger partial charge on any atom is -0.325 e. The second-order valence-electron chi connectivity index (χ2n) is 3.31. The van der Waals surface area contributed by atoms with Crippen LogP contribution in [0.2, 0.25) is 0 Å². The molecular formula is C8H6ClF5N2O2S. The molecule has 0 spiro atoms. The average molecular weight is 325 g/mol. The third-order valence-corrected chi connectivity index (χ3v) is 3.26. The monoisotopic (exact) mass is 324 g/mol. The number of alkyl halides is 5. The highest BCUT2D eigenvalue weighted by Crippen LogP contribution is 2.38. The van der Waals surface area contributed by atoms with Crippen molar-refractivity contribution in [3.8, 4) is 0 Å². The highest BCUT2D eigenvalue weighted by atomic mass is 35.7. The summed E-state index contributed by atoms with van der Waals surface area (Å²) in [5, 5.41) is -1.17. The quantitative estimate of drug-likeness (QED) is 0.684. The fraction of sp³-hybridized carbons (Fsp3) is 0.375. The smallest absolute Gasteiger partial charge is 0.325 e. The van der Waals surface area contributed by atoms with Gasteiger partial charge in [-0.05, 0) is 6.07 Å². The van der Waals surface area contributed by atoms with Crippen molar-refractivity contribution in [2.75, 3.05) is 0 Å². The van der Waals surface area contributed by atoms with Gasteiger partial charge in [0.1, 0.15) is 0 Å². The first-order valence-electron chi connectivity index (χ1n) is 4.52. The van der Waals surface area contributed by atoms with Crippen molar-refractivity contribution in [3.05, 3.63) is 22.9 Å². The predicted molar refractivity (Wildman–Crippen MR) is 55.1 cm³/mol. The minimum absolute atomic E-state index is 0.0387. The van der Waals surface area contributed by atoms with Gasteiger partial charge in [-0.25, -0.2) is 22.2 Å². The van der Waals surface area contributed by atoms with E-state index >= 15 is 0 Å². The number of hydrogen-bond donors (Lipinski definition) is 1. The zero-order valence-electron chi connectivity index (χ0n) is 8.88. The van der Waals surface area contributed by atoms with Gasteiger partial charge in [0.15, 0.2) is 5.03 Å². The maximum Gasteiger partial charge on any atom is 0.417 e. The van der Waals surface area contributed by atoms with Crippen LogP contribution in [0.4, 0.5) is 22.0 Å². The predicted octanol–water partition coefficient (Wildman–Crippen LogP) is 2.42. The molecule has 1 aromatic heterocycles. The van der Waals surface area contributed by atoms with Crippen molar-refractivity contribution in [2.24, 2.45) is 5.73 Å². The minimum atomic E-state index is -5.19. The third-order valence-electron chi connectivity index (χ3n) is 2.08. The molecule has 0 fully saturated rings. The van der Waals surface area contributed by atoms with Crippen molar-refractivity contribution in [2.45, 2.75) is 24.2 Å². The Morgan fingerprint density at radius 2 is 1.89 bits per heavy atom. The zero-order chi connectivity index (χ0) is 15.0. The number of nitrogens with two attached hydrogens (primary N) is 1. The number of rotatable bonds is 3. The normalized spacial score (nSPS) is 13.1. The van der Waals surface area contributed by atoms with E-state index in [0.29, 0.717) is 0 Å². The molecule has 0 aliphatic rings. The molecule has 11 heteroatoms. The molecule has 0 saturated carbocycles. The van der Waals surface area contributed by atoms with Gasteiger partial charge >= 0.3 is 6.18 Å². The van der Waals surface area contributed by atoms with E-state index in [9.17, 15) is 30.4 Å². The molecular weight excluding hydrogens is 319 g/mol. The van der Waals surface area contributed by atoms with E-state index in [2.05, 4.69) is 4.98 Å². The molecule has 4 nitrogen and oxygen atoms in total. The maximum absolute atomic E-state index is 12.7. The molecule has 2 N–H and O–H groups in total. The molecule has 0 aliphatic heterocycles.